The minimum Gasteiger partial charge on any atom is -0.444 e. The fourth-order valence-electron chi connectivity index (χ4n) is 1.36. The molecule has 0 saturated heterocycles. The minimum absolute atomic E-state index is 0.171. The Morgan fingerprint density at radius 1 is 1.22 bits per heavy atom. The van der Waals surface area contributed by atoms with Gasteiger partial charge in [-0.1, -0.05) is 44.2 Å². The largest absolute Gasteiger partial charge is 0.444 e. The highest BCUT2D eigenvalue weighted by Crippen LogP contribution is 2.03. The summed E-state index contributed by atoms with van der Waals surface area (Å²) in [7, 11) is 0. The van der Waals surface area contributed by atoms with Crippen LogP contribution in [0.4, 0.5) is 4.79 Å². The number of rotatable bonds is 5. The first-order valence-corrected chi connectivity index (χ1v) is 6.08. The summed E-state index contributed by atoms with van der Waals surface area (Å²) in [5, 5.41) is 2.21. The molecule has 2 amide bonds. The van der Waals surface area contributed by atoms with Crippen molar-refractivity contribution in [2.24, 2.45) is 5.92 Å². The van der Waals surface area contributed by atoms with Crippen LogP contribution in [0.3, 0.4) is 0 Å². The number of carbonyl (C=O) groups excluding carboxylic acids is 2. The van der Waals surface area contributed by atoms with Crippen LogP contribution in [0.1, 0.15) is 32.3 Å². The summed E-state index contributed by atoms with van der Waals surface area (Å²) in [6.45, 7) is 4.23. The van der Waals surface area contributed by atoms with E-state index in [9.17, 15) is 9.59 Å². The van der Waals surface area contributed by atoms with Crippen molar-refractivity contribution in [3.05, 3.63) is 35.9 Å². The second-order valence-electron chi connectivity index (χ2n) is 4.54. The highest BCUT2D eigenvalue weighted by atomic mass is 16.5. The van der Waals surface area contributed by atoms with Crippen molar-refractivity contribution < 1.29 is 14.3 Å². The summed E-state index contributed by atoms with van der Waals surface area (Å²) < 4.78 is 4.93. The molecule has 0 saturated carbocycles. The first-order chi connectivity index (χ1) is 8.58. The van der Waals surface area contributed by atoms with Crippen LogP contribution in [0.15, 0.2) is 30.3 Å². The Morgan fingerprint density at radius 3 is 2.50 bits per heavy atom. The fourth-order valence-corrected chi connectivity index (χ4v) is 1.36. The standard InChI is InChI=1S/C14H19NO3/c1-11(2)8-9-13(16)15-14(17)18-10-12-6-4-3-5-7-12/h3-7,11H,8-10H2,1-2H3,(H,15,16,17). The monoisotopic (exact) mass is 249 g/mol. The van der Waals surface area contributed by atoms with Gasteiger partial charge in [-0.25, -0.2) is 4.79 Å². The first kappa shape index (κ1) is 14.2. The van der Waals surface area contributed by atoms with Crippen molar-refractivity contribution in [1.29, 1.82) is 0 Å². The summed E-state index contributed by atoms with van der Waals surface area (Å²) in [5.41, 5.74) is 0.891. The molecule has 1 rings (SSSR count). The third kappa shape index (κ3) is 6.03. The number of alkyl carbamates (subject to hydrolysis) is 1. The molecule has 0 fully saturated rings. The van der Waals surface area contributed by atoms with Gasteiger partial charge in [0.25, 0.3) is 0 Å². The van der Waals surface area contributed by atoms with Gasteiger partial charge in [0, 0.05) is 6.42 Å². The Bertz CT molecular complexity index is 387. The van der Waals surface area contributed by atoms with Gasteiger partial charge in [-0.15, -0.1) is 0 Å². The molecule has 0 atom stereocenters. The van der Waals surface area contributed by atoms with Crippen LogP contribution >= 0.6 is 0 Å². The molecule has 0 aliphatic carbocycles. The number of hydrogen-bond donors (Lipinski definition) is 1. The van der Waals surface area contributed by atoms with Crippen LogP contribution in [0.25, 0.3) is 0 Å². The topological polar surface area (TPSA) is 55.4 Å². The van der Waals surface area contributed by atoms with Crippen LogP contribution in [0.5, 0.6) is 0 Å². The molecule has 0 spiro atoms. The lowest BCUT2D eigenvalue weighted by atomic mass is 10.1. The van der Waals surface area contributed by atoms with E-state index >= 15 is 0 Å². The maximum absolute atomic E-state index is 11.4. The summed E-state index contributed by atoms with van der Waals surface area (Å²) in [6.07, 6.45) is 0.420. The van der Waals surface area contributed by atoms with Crippen molar-refractivity contribution in [2.45, 2.75) is 33.3 Å². The minimum atomic E-state index is -0.687. The molecular formula is C14H19NO3. The van der Waals surface area contributed by atoms with Crippen LogP contribution < -0.4 is 5.32 Å². The van der Waals surface area contributed by atoms with E-state index in [4.69, 9.17) is 4.74 Å². The molecule has 1 aromatic rings. The highest BCUT2D eigenvalue weighted by Gasteiger charge is 2.09. The van der Waals surface area contributed by atoms with Gasteiger partial charge in [-0.3, -0.25) is 10.1 Å². The number of ether oxygens (including phenoxy) is 1. The summed E-state index contributed by atoms with van der Waals surface area (Å²) in [5.74, 6) is 0.151. The quantitative estimate of drug-likeness (QED) is 0.873. The lowest BCUT2D eigenvalue weighted by molar-refractivity contribution is -0.120. The smallest absolute Gasteiger partial charge is 0.414 e. The van der Waals surface area contributed by atoms with Crippen molar-refractivity contribution in [3.63, 3.8) is 0 Å². The van der Waals surface area contributed by atoms with Gasteiger partial charge in [-0.05, 0) is 17.9 Å². The van der Waals surface area contributed by atoms with Crippen molar-refractivity contribution in [2.75, 3.05) is 0 Å². The Kier molecular flexibility index (Phi) is 5.91. The molecule has 4 heteroatoms. The van der Waals surface area contributed by atoms with Crippen molar-refractivity contribution in [1.82, 2.24) is 5.32 Å². The summed E-state index contributed by atoms with van der Waals surface area (Å²) in [6, 6.07) is 9.33. The summed E-state index contributed by atoms with van der Waals surface area (Å²) in [4.78, 5) is 22.7. The fraction of sp³-hybridized carbons (Fsp3) is 0.429. The van der Waals surface area contributed by atoms with E-state index in [1.807, 2.05) is 44.2 Å². The van der Waals surface area contributed by atoms with Crippen molar-refractivity contribution >= 4 is 12.0 Å². The molecule has 0 aliphatic rings. The van der Waals surface area contributed by atoms with E-state index in [1.54, 1.807) is 0 Å². The average Bonchev–Trinajstić information content (AvgIpc) is 2.35. The number of amides is 2. The molecule has 0 aromatic heterocycles. The van der Waals surface area contributed by atoms with E-state index in [0.29, 0.717) is 12.3 Å². The van der Waals surface area contributed by atoms with E-state index < -0.39 is 6.09 Å². The molecule has 1 N–H and O–H groups in total. The van der Waals surface area contributed by atoms with Gasteiger partial charge in [0.2, 0.25) is 5.91 Å². The third-order valence-electron chi connectivity index (χ3n) is 2.40. The molecule has 0 bridgehead atoms. The molecule has 18 heavy (non-hydrogen) atoms. The highest BCUT2D eigenvalue weighted by molar-refractivity contribution is 5.91. The molecule has 4 nitrogen and oxygen atoms in total. The van der Waals surface area contributed by atoms with Gasteiger partial charge in [0.15, 0.2) is 0 Å². The maximum atomic E-state index is 11.4. The normalized spacial score (nSPS) is 10.2. The third-order valence-corrected chi connectivity index (χ3v) is 2.40. The zero-order chi connectivity index (χ0) is 13.4. The van der Waals surface area contributed by atoms with E-state index in [0.717, 1.165) is 12.0 Å². The predicted octanol–water partition coefficient (Wildman–Crippen LogP) is 2.88. The van der Waals surface area contributed by atoms with Gasteiger partial charge in [0.05, 0.1) is 0 Å². The summed E-state index contributed by atoms with van der Waals surface area (Å²) >= 11 is 0. The average molecular weight is 249 g/mol. The second-order valence-corrected chi connectivity index (χ2v) is 4.54. The van der Waals surface area contributed by atoms with Gasteiger partial charge < -0.3 is 4.74 Å². The van der Waals surface area contributed by atoms with Crippen LogP contribution in [-0.4, -0.2) is 12.0 Å². The lowest BCUT2D eigenvalue weighted by Gasteiger charge is -2.07. The molecule has 0 aliphatic heterocycles. The molecule has 1 aromatic carbocycles. The Morgan fingerprint density at radius 2 is 1.89 bits per heavy atom. The van der Waals surface area contributed by atoms with Gasteiger partial charge in [-0.2, -0.15) is 0 Å². The lowest BCUT2D eigenvalue weighted by Crippen LogP contribution is -2.30. The zero-order valence-corrected chi connectivity index (χ0v) is 10.8. The van der Waals surface area contributed by atoms with Gasteiger partial charge in [0.1, 0.15) is 6.61 Å². The number of imide groups is 1. The molecule has 98 valence electrons. The predicted molar refractivity (Wildman–Crippen MR) is 68.8 cm³/mol. The van der Waals surface area contributed by atoms with E-state index in [-0.39, 0.29) is 12.5 Å². The molecule has 0 heterocycles. The van der Waals surface area contributed by atoms with Crippen LogP contribution in [-0.2, 0) is 16.1 Å². The Labute approximate surface area is 107 Å². The second kappa shape index (κ2) is 7.48. The molecule has 0 unspecified atom stereocenters. The van der Waals surface area contributed by atoms with Crippen LogP contribution in [0.2, 0.25) is 0 Å². The number of carbonyl (C=O) groups is 2. The number of hydrogen-bond acceptors (Lipinski definition) is 3. The van der Waals surface area contributed by atoms with Gasteiger partial charge >= 0.3 is 6.09 Å². The van der Waals surface area contributed by atoms with Crippen LogP contribution in [0, 0.1) is 5.92 Å². The molecular weight excluding hydrogens is 230 g/mol. The SMILES string of the molecule is CC(C)CCC(=O)NC(=O)OCc1ccccc1. The van der Waals surface area contributed by atoms with E-state index in [1.165, 1.54) is 0 Å². The maximum Gasteiger partial charge on any atom is 0.414 e. The Hall–Kier alpha value is -1.84. The van der Waals surface area contributed by atoms with E-state index in [2.05, 4.69) is 5.32 Å². The Balaban J connectivity index is 2.23. The number of nitrogens with one attached hydrogen (secondary N) is 1. The first-order valence-electron chi connectivity index (χ1n) is 6.08. The number of benzene rings is 1. The zero-order valence-electron chi connectivity index (χ0n) is 10.8. The molecule has 0 radical (unpaired) electrons. The van der Waals surface area contributed by atoms with Crippen molar-refractivity contribution in [3.8, 4) is 0 Å².